The summed E-state index contributed by atoms with van der Waals surface area (Å²) >= 11 is 0. The Labute approximate surface area is 156 Å². The molecular formula is C20H32N4O2. The van der Waals surface area contributed by atoms with Crippen molar-refractivity contribution in [2.75, 3.05) is 51.4 Å². The summed E-state index contributed by atoms with van der Waals surface area (Å²) in [4.78, 5) is 28.7. The highest BCUT2D eigenvalue weighted by molar-refractivity contribution is 5.94. The molecule has 1 fully saturated rings. The van der Waals surface area contributed by atoms with E-state index < -0.39 is 0 Å². The average Bonchev–Trinajstić information content (AvgIpc) is 2.58. The van der Waals surface area contributed by atoms with Crippen molar-refractivity contribution < 1.29 is 9.59 Å². The molecule has 144 valence electrons. The fourth-order valence-electron chi connectivity index (χ4n) is 3.11. The van der Waals surface area contributed by atoms with Gasteiger partial charge in [-0.1, -0.05) is 6.07 Å². The third-order valence-electron chi connectivity index (χ3n) is 4.89. The van der Waals surface area contributed by atoms with Crippen LogP contribution >= 0.6 is 0 Å². The van der Waals surface area contributed by atoms with Crippen LogP contribution in [0.3, 0.4) is 0 Å². The number of hydrogen-bond donors (Lipinski definition) is 2. The molecule has 0 aromatic heterocycles. The zero-order chi connectivity index (χ0) is 19.1. The van der Waals surface area contributed by atoms with E-state index >= 15 is 0 Å². The average molecular weight is 361 g/mol. The Morgan fingerprint density at radius 3 is 2.50 bits per heavy atom. The Hall–Kier alpha value is -1.92. The second-order valence-corrected chi connectivity index (χ2v) is 7.63. The van der Waals surface area contributed by atoms with Crippen LogP contribution in [-0.4, -0.2) is 62.4 Å². The smallest absolute Gasteiger partial charge is 0.225 e. The molecule has 0 unspecified atom stereocenters. The van der Waals surface area contributed by atoms with Gasteiger partial charge in [0.1, 0.15) is 0 Å². The predicted molar refractivity (Wildman–Crippen MR) is 106 cm³/mol. The van der Waals surface area contributed by atoms with Gasteiger partial charge in [-0.3, -0.25) is 9.59 Å². The molecule has 2 N–H and O–H groups in total. The van der Waals surface area contributed by atoms with Crippen LogP contribution in [0.5, 0.6) is 0 Å². The van der Waals surface area contributed by atoms with Gasteiger partial charge < -0.3 is 20.4 Å². The molecule has 0 aliphatic carbocycles. The van der Waals surface area contributed by atoms with Gasteiger partial charge in [-0.25, -0.2) is 0 Å². The SMILES string of the molecule is Cc1ccc(NC(=O)CC2CCN(C)CC2)cc1NC(=O)CCN(C)C. The van der Waals surface area contributed by atoms with Gasteiger partial charge in [-0.2, -0.15) is 0 Å². The van der Waals surface area contributed by atoms with Gasteiger partial charge in [-0.15, -0.1) is 0 Å². The highest BCUT2D eigenvalue weighted by atomic mass is 16.2. The minimum atomic E-state index is -0.0170. The first-order valence-electron chi connectivity index (χ1n) is 9.37. The summed E-state index contributed by atoms with van der Waals surface area (Å²) in [6.45, 7) is 4.78. The Kier molecular flexibility index (Phi) is 7.60. The molecule has 0 saturated carbocycles. The Morgan fingerprint density at radius 2 is 1.85 bits per heavy atom. The molecule has 0 atom stereocenters. The maximum Gasteiger partial charge on any atom is 0.225 e. The third kappa shape index (κ3) is 6.77. The number of aryl methyl sites for hydroxylation is 1. The zero-order valence-corrected chi connectivity index (χ0v) is 16.5. The summed E-state index contributed by atoms with van der Waals surface area (Å²) < 4.78 is 0. The molecule has 6 heteroatoms. The second kappa shape index (κ2) is 9.69. The number of likely N-dealkylation sites (tertiary alicyclic amines) is 1. The van der Waals surface area contributed by atoms with E-state index in [9.17, 15) is 9.59 Å². The predicted octanol–water partition coefficient (Wildman–Crippen LogP) is 2.56. The Balaban J connectivity index is 1.89. The summed E-state index contributed by atoms with van der Waals surface area (Å²) in [7, 11) is 6.01. The summed E-state index contributed by atoms with van der Waals surface area (Å²) in [6.07, 6.45) is 3.15. The summed E-state index contributed by atoms with van der Waals surface area (Å²) in [5.41, 5.74) is 2.47. The van der Waals surface area contributed by atoms with Gasteiger partial charge in [0.25, 0.3) is 0 Å². The number of nitrogens with one attached hydrogen (secondary N) is 2. The quantitative estimate of drug-likeness (QED) is 0.784. The lowest BCUT2D eigenvalue weighted by Gasteiger charge is -2.28. The first-order chi connectivity index (χ1) is 12.3. The summed E-state index contributed by atoms with van der Waals surface area (Å²) in [6, 6.07) is 5.65. The zero-order valence-electron chi connectivity index (χ0n) is 16.5. The van der Waals surface area contributed by atoms with Crippen LogP contribution in [0.25, 0.3) is 0 Å². The fourth-order valence-corrected chi connectivity index (χ4v) is 3.11. The Morgan fingerprint density at radius 1 is 1.15 bits per heavy atom. The van der Waals surface area contributed by atoms with Crippen molar-refractivity contribution in [3.8, 4) is 0 Å². The van der Waals surface area contributed by atoms with Crippen molar-refractivity contribution >= 4 is 23.2 Å². The van der Waals surface area contributed by atoms with Crippen molar-refractivity contribution in [3.05, 3.63) is 23.8 Å². The number of benzene rings is 1. The molecule has 0 spiro atoms. The number of amides is 2. The van der Waals surface area contributed by atoms with E-state index in [4.69, 9.17) is 0 Å². The van der Waals surface area contributed by atoms with Gasteiger partial charge in [0.15, 0.2) is 0 Å². The van der Waals surface area contributed by atoms with E-state index in [1.165, 1.54) is 0 Å². The summed E-state index contributed by atoms with van der Waals surface area (Å²) in [5.74, 6) is 0.492. The van der Waals surface area contributed by atoms with Gasteiger partial charge >= 0.3 is 0 Å². The molecule has 1 aliphatic heterocycles. The molecule has 2 amide bonds. The van der Waals surface area contributed by atoms with Crippen LogP contribution in [0.15, 0.2) is 18.2 Å². The highest BCUT2D eigenvalue weighted by Gasteiger charge is 2.19. The molecule has 1 aromatic carbocycles. The van der Waals surface area contributed by atoms with Crippen molar-refractivity contribution in [2.45, 2.75) is 32.6 Å². The second-order valence-electron chi connectivity index (χ2n) is 7.63. The number of piperidine rings is 1. The first-order valence-corrected chi connectivity index (χ1v) is 9.37. The molecule has 2 rings (SSSR count). The number of carbonyl (C=O) groups excluding carboxylic acids is 2. The fraction of sp³-hybridized carbons (Fsp3) is 0.600. The lowest BCUT2D eigenvalue weighted by Crippen LogP contribution is -2.31. The van der Waals surface area contributed by atoms with E-state index in [0.717, 1.165) is 42.9 Å². The van der Waals surface area contributed by atoms with E-state index in [0.29, 0.717) is 25.3 Å². The molecule has 6 nitrogen and oxygen atoms in total. The molecule has 26 heavy (non-hydrogen) atoms. The largest absolute Gasteiger partial charge is 0.326 e. The standard InChI is InChI=1S/C20H32N4O2/c1-15-5-6-17(14-18(15)22-19(25)9-10-23(2)3)21-20(26)13-16-7-11-24(4)12-8-16/h5-6,14,16H,7-13H2,1-4H3,(H,21,26)(H,22,25). The van der Waals surface area contributed by atoms with Gasteiger partial charge in [0.05, 0.1) is 0 Å². The minimum Gasteiger partial charge on any atom is -0.326 e. The van der Waals surface area contributed by atoms with Crippen LogP contribution in [-0.2, 0) is 9.59 Å². The molecule has 1 saturated heterocycles. The third-order valence-corrected chi connectivity index (χ3v) is 4.89. The first kappa shape index (κ1) is 20.4. The van der Waals surface area contributed by atoms with Crippen molar-refractivity contribution in [3.63, 3.8) is 0 Å². The number of carbonyl (C=O) groups is 2. The van der Waals surface area contributed by atoms with Crippen LogP contribution < -0.4 is 10.6 Å². The lowest BCUT2D eigenvalue weighted by atomic mass is 9.93. The van der Waals surface area contributed by atoms with Crippen molar-refractivity contribution in [1.82, 2.24) is 9.80 Å². The molecule has 1 heterocycles. The maximum absolute atomic E-state index is 12.3. The lowest BCUT2D eigenvalue weighted by molar-refractivity contribution is -0.117. The molecular weight excluding hydrogens is 328 g/mol. The van der Waals surface area contributed by atoms with Crippen LogP contribution in [0, 0.1) is 12.8 Å². The number of nitrogens with zero attached hydrogens (tertiary/aromatic N) is 2. The van der Waals surface area contributed by atoms with E-state index in [1.807, 2.05) is 44.1 Å². The van der Waals surface area contributed by atoms with E-state index in [2.05, 4.69) is 22.6 Å². The van der Waals surface area contributed by atoms with Crippen molar-refractivity contribution in [2.24, 2.45) is 5.92 Å². The van der Waals surface area contributed by atoms with Crippen molar-refractivity contribution in [1.29, 1.82) is 0 Å². The normalized spacial score (nSPS) is 15.9. The van der Waals surface area contributed by atoms with Crippen LogP contribution in [0.4, 0.5) is 11.4 Å². The molecule has 1 aliphatic rings. The van der Waals surface area contributed by atoms with Crippen LogP contribution in [0.2, 0.25) is 0 Å². The summed E-state index contributed by atoms with van der Waals surface area (Å²) in [5, 5.41) is 5.92. The maximum atomic E-state index is 12.3. The van der Waals surface area contributed by atoms with Gasteiger partial charge in [0.2, 0.25) is 11.8 Å². The molecule has 1 aromatic rings. The van der Waals surface area contributed by atoms with Gasteiger partial charge in [-0.05, 0) is 77.6 Å². The topological polar surface area (TPSA) is 64.7 Å². The highest BCUT2D eigenvalue weighted by Crippen LogP contribution is 2.23. The molecule has 0 radical (unpaired) electrons. The van der Waals surface area contributed by atoms with E-state index in [1.54, 1.807) is 0 Å². The van der Waals surface area contributed by atoms with Crippen LogP contribution in [0.1, 0.15) is 31.2 Å². The number of rotatable bonds is 7. The molecule has 0 bridgehead atoms. The minimum absolute atomic E-state index is 0.0170. The van der Waals surface area contributed by atoms with Gasteiger partial charge in [0, 0.05) is 30.8 Å². The van der Waals surface area contributed by atoms with E-state index in [-0.39, 0.29) is 11.8 Å². The monoisotopic (exact) mass is 360 g/mol. The number of hydrogen-bond acceptors (Lipinski definition) is 4. The number of anilines is 2. The Bertz CT molecular complexity index is 622.